The molecule has 4 nitrogen and oxygen atoms in total. The Hall–Kier alpha value is 1.24. The van der Waals surface area contributed by atoms with Gasteiger partial charge < -0.3 is 10.2 Å². The number of hydrogen-bond donors (Lipinski definition) is 2. The summed E-state index contributed by atoms with van der Waals surface area (Å²) in [5.74, 6) is 4.67. The standard InChI is InChI=1S/C12H24N2O2S4/c15-5-3-13(11-7-17-18-8-11)1-2-14(4-6-16)12-9-19-20-10-12/h11-12,15-16H,1-10H2. The molecule has 2 saturated heterocycles. The van der Waals surface area contributed by atoms with Gasteiger partial charge in [-0.2, -0.15) is 0 Å². The lowest BCUT2D eigenvalue weighted by Crippen LogP contribution is -2.47. The second-order valence-corrected chi connectivity index (χ2v) is 10.1. The summed E-state index contributed by atoms with van der Waals surface area (Å²) in [6.45, 7) is 4.01. The number of hydrogen-bond acceptors (Lipinski definition) is 8. The maximum atomic E-state index is 9.26. The van der Waals surface area contributed by atoms with Crippen molar-refractivity contribution in [3.63, 3.8) is 0 Å². The van der Waals surface area contributed by atoms with Crippen LogP contribution in [0.3, 0.4) is 0 Å². The first-order chi connectivity index (χ1) is 9.85. The van der Waals surface area contributed by atoms with Crippen LogP contribution < -0.4 is 0 Å². The molecule has 0 aromatic rings. The summed E-state index contributed by atoms with van der Waals surface area (Å²) < 4.78 is 0. The smallest absolute Gasteiger partial charge is 0.0558 e. The molecule has 0 spiro atoms. The highest BCUT2D eigenvalue weighted by molar-refractivity contribution is 8.77. The summed E-state index contributed by atoms with van der Waals surface area (Å²) in [5.41, 5.74) is 0. The highest BCUT2D eigenvalue weighted by atomic mass is 33.1. The van der Waals surface area contributed by atoms with Gasteiger partial charge in [-0.05, 0) is 0 Å². The molecule has 8 heteroatoms. The van der Waals surface area contributed by atoms with Gasteiger partial charge in [0.25, 0.3) is 0 Å². The van der Waals surface area contributed by atoms with Crippen molar-refractivity contribution in [1.29, 1.82) is 0 Å². The van der Waals surface area contributed by atoms with Gasteiger partial charge in [0.2, 0.25) is 0 Å². The summed E-state index contributed by atoms with van der Waals surface area (Å²) >= 11 is 0. The van der Waals surface area contributed by atoms with Crippen LogP contribution >= 0.6 is 43.2 Å². The van der Waals surface area contributed by atoms with E-state index in [2.05, 4.69) is 9.80 Å². The summed E-state index contributed by atoms with van der Waals surface area (Å²) in [6, 6.07) is 1.20. The van der Waals surface area contributed by atoms with Crippen LogP contribution in [0.1, 0.15) is 0 Å². The number of aliphatic hydroxyl groups excluding tert-OH is 2. The van der Waals surface area contributed by atoms with Crippen LogP contribution in [-0.2, 0) is 0 Å². The molecule has 2 fully saturated rings. The van der Waals surface area contributed by atoms with Crippen molar-refractivity contribution in [1.82, 2.24) is 9.80 Å². The molecular formula is C12H24N2O2S4. The summed E-state index contributed by atoms with van der Waals surface area (Å²) in [5, 5.41) is 18.5. The minimum Gasteiger partial charge on any atom is -0.395 e. The zero-order valence-corrected chi connectivity index (χ0v) is 14.9. The van der Waals surface area contributed by atoms with Crippen molar-refractivity contribution in [2.75, 3.05) is 62.4 Å². The van der Waals surface area contributed by atoms with E-state index in [0.717, 1.165) is 26.2 Å². The minimum absolute atomic E-state index is 0.237. The Balaban J connectivity index is 1.81. The molecule has 2 rings (SSSR count). The fourth-order valence-electron chi connectivity index (χ4n) is 2.49. The van der Waals surface area contributed by atoms with E-state index in [0.29, 0.717) is 12.1 Å². The fourth-order valence-corrected chi connectivity index (χ4v) is 8.16. The average Bonchev–Trinajstić information content (AvgIpc) is 3.14. The molecule has 118 valence electrons. The predicted octanol–water partition coefficient (Wildman–Crippen LogP) is 1.10. The van der Waals surface area contributed by atoms with Crippen LogP contribution in [0, 0.1) is 0 Å². The van der Waals surface area contributed by atoms with Gasteiger partial charge in [0, 0.05) is 61.3 Å². The second-order valence-electron chi connectivity index (χ2n) is 4.96. The van der Waals surface area contributed by atoms with E-state index < -0.39 is 0 Å². The number of nitrogens with zero attached hydrogens (tertiary/aromatic N) is 2. The van der Waals surface area contributed by atoms with Crippen LogP contribution in [0.4, 0.5) is 0 Å². The Morgan fingerprint density at radius 1 is 0.650 bits per heavy atom. The Morgan fingerprint density at radius 3 is 1.30 bits per heavy atom. The minimum atomic E-state index is 0.237. The maximum Gasteiger partial charge on any atom is 0.0558 e. The van der Waals surface area contributed by atoms with E-state index in [1.54, 1.807) is 0 Å². The highest BCUT2D eigenvalue weighted by Gasteiger charge is 2.26. The Kier molecular flexibility index (Phi) is 8.88. The van der Waals surface area contributed by atoms with Gasteiger partial charge in [-0.15, -0.1) is 0 Å². The van der Waals surface area contributed by atoms with Crippen molar-refractivity contribution < 1.29 is 10.2 Å². The van der Waals surface area contributed by atoms with Crippen molar-refractivity contribution in [2.24, 2.45) is 0 Å². The second kappa shape index (κ2) is 10.1. The quantitative estimate of drug-likeness (QED) is 0.596. The van der Waals surface area contributed by atoms with E-state index in [9.17, 15) is 10.2 Å². The molecule has 0 aromatic heterocycles. The number of aliphatic hydroxyl groups is 2. The zero-order chi connectivity index (χ0) is 14.2. The monoisotopic (exact) mass is 356 g/mol. The molecule has 2 aliphatic rings. The molecule has 20 heavy (non-hydrogen) atoms. The van der Waals surface area contributed by atoms with Crippen molar-refractivity contribution >= 4 is 43.2 Å². The van der Waals surface area contributed by atoms with Gasteiger partial charge in [0.1, 0.15) is 0 Å². The van der Waals surface area contributed by atoms with Gasteiger partial charge in [-0.3, -0.25) is 9.80 Å². The van der Waals surface area contributed by atoms with Crippen LogP contribution in [-0.4, -0.2) is 94.5 Å². The molecule has 2 aliphatic heterocycles. The van der Waals surface area contributed by atoms with E-state index in [1.165, 1.54) is 23.0 Å². The van der Waals surface area contributed by atoms with Gasteiger partial charge >= 0.3 is 0 Å². The molecule has 0 radical (unpaired) electrons. The molecule has 0 amide bonds. The van der Waals surface area contributed by atoms with E-state index in [-0.39, 0.29) is 13.2 Å². The molecule has 2 heterocycles. The lowest BCUT2D eigenvalue weighted by atomic mass is 10.2. The molecule has 2 N–H and O–H groups in total. The van der Waals surface area contributed by atoms with Gasteiger partial charge in [-0.1, -0.05) is 43.2 Å². The van der Waals surface area contributed by atoms with Crippen LogP contribution in [0.25, 0.3) is 0 Å². The lowest BCUT2D eigenvalue weighted by Gasteiger charge is -2.32. The van der Waals surface area contributed by atoms with Gasteiger partial charge in [-0.25, -0.2) is 0 Å². The van der Waals surface area contributed by atoms with Gasteiger partial charge in [0.15, 0.2) is 0 Å². The van der Waals surface area contributed by atoms with E-state index in [4.69, 9.17) is 0 Å². The third-order valence-corrected chi connectivity index (χ3v) is 8.74. The third kappa shape index (κ3) is 5.46. The summed E-state index contributed by atoms with van der Waals surface area (Å²) in [6.07, 6.45) is 0. The first kappa shape index (κ1) is 17.6. The molecular weight excluding hydrogens is 332 g/mol. The molecule has 0 unspecified atom stereocenters. The maximum absolute atomic E-state index is 9.26. The normalized spacial score (nSPS) is 21.6. The van der Waals surface area contributed by atoms with Crippen LogP contribution in [0.15, 0.2) is 0 Å². The molecule has 0 aromatic carbocycles. The first-order valence-corrected chi connectivity index (χ1v) is 12.0. The summed E-state index contributed by atoms with van der Waals surface area (Å²) in [4.78, 5) is 4.85. The van der Waals surface area contributed by atoms with E-state index >= 15 is 0 Å². The van der Waals surface area contributed by atoms with Crippen molar-refractivity contribution in [3.05, 3.63) is 0 Å². The average molecular weight is 357 g/mol. The SMILES string of the molecule is OCCN(CCN(CCO)C1CSSC1)C1CSSC1. The topological polar surface area (TPSA) is 46.9 Å². The predicted molar refractivity (Wildman–Crippen MR) is 94.7 cm³/mol. The summed E-state index contributed by atoms with van der Waals surface area (Å²) in [7, 11) is 7.76. The third-order valence-electron chi connectivity index (χ3n) is 3.69. The Bertz CT molecular complexity index is 238. The zero-order valence-electron chi connectivity index (χ0n) is 11.6. The largest absolute Gasteiger partial charge is 0.395 e. The van der Waals surface area contributed by atoms with Crippen molar-refractivity contribution in [3.8, 4) is 0 Å². The Morgan fingerprint density at radius 2 is 1.00 bits per heavy atom. The van der Waals surface area contributed by atoms with Crippen LogP contribution in [0.2, 0.25) is 0 Å². The van der Waals surface area contributed by atoms with Crippen LogP contribution in [0.5, 0.6) is 0 Å². The fraction of sp³-hybridized carbons (Fsp3) is 1.00. The lowest BCUT2D eigenvalue weighted by molar-refractivity contribution is 0.122. The van der Waals surface area contributed by atoms with E-state index in [1.807, 2.05) is 43.2 Å². The number of rotatable bonds is 9. The molecule has 0 bridgehead atoms. The van der Waals surface area contributed by atoms with Crippen molar-refractivity contribution in [2.45, 2.75) is 12.1 Å². The first-order valence-electron chi connectivity index (χ1n) is 7.03. The molecule has 0 aliphatic carbocycles. The Labute approximate surface area is 137 Å². The molecule has 0 atom stereocenters. The highest BCUT2D eigenvalue weighted by Crippen LogP contribution is 2.34. The molecule has 0 saturated carbocycles. The van der Waals surface area contributed by atoms with Gasteiger partial charge in [0.05, 0.1) is 13.2 Å².